The third kappa shape index (κ3) is 3.53. The molecule has 1 heterocycles. The monoisotopic (exact) mass is 265 g/mol. The molecule has 0 saturated carbocycles. The third-order valence-corrected chi connectivity index (χ3v) is 3.27. The third-order valence-electron chi connectivity index (χ3n) is 3.27. The van der Waals surface area contributed by atoms with Crippen molar-refractivity contribution in [2.45, 2.75) is 25.1 Å². The van der Waals surface area contributed by atoms with E-state index in [1.165, 1.54) is 4.90 Å². The van der Waals surface area contributed by atoms with Crippen molar-refractivity contribution in [3.05, 3.63) is 35.9 Å². The van der Waals surface area contributed by atoms with Crippen molar-refractivity contribution in [3.8, 4) is 0 Å². The second kappa shape index (κ2) is 5.82. The van der Waals surface area contributed by atoms with Crippen LogP contribution in [-0.2, 0) is 16.1 Å². The van der Waals surface area contributed by atoms with E-state index < -0.39 is 11.8 Å². The molecular formula is C14H16FNO3. The molecule has 0 aliphatic carbocycles. The maximum Gasteiger partial charge on any atom is 0.410 e. The average molecular weight is 265 g/mol. The number of likely N-dealkylation sites (tertiary alicyclic amines) is 1. The smallest absolute Gasteiger partial charge is 0.410 e. The van der Waals surface area contributed by atoms with Crippen LogP contribution in [-0.4, -0.2) is 36.0 Å². The molecule has 0 bridgehead atoms. The molecule has 1 aliphatic heterocycles. The van der Waals surface area contributed by atoms with Gasteiger partial charge in [0.1, 0.15) is 6.61 Å². The lowest BCUT2D eigenvalue weighted by Crippen LogP contribution is -2.45. The van der Waals surface area contributed by atoms with E-state index in [4.69, 9.17) is 4.74 Å². The summed E-state index contributed by atoms with van der Waals surface area (Å²) >= 11 is 0. The van der Waals surface area contributed by atoms with Crippen LogP contribution in [0.25, 0.3) is 0 Å². The number of piperidine rings is 1. The van der Waals surface area contributed by atoms with E-state index >= 15 is 0 Å². The number of alkyl halides is 1. The Bertz CT molecular complexity index is 441. The first-order chi connectivity index (χ1) is 9.13. The minimum atomic E-state index is -1.78. The number of aldehydes is 1. The fourth-order valence-electron chi connectivity index (χ4n) is 1.99. The van der Waals surface area contributed by atoms with Gasteiger partial charge in [0.25, 0.3) is 0 Å². The molecule has 1 fully saturated rings. The molecule has 2 rings (SSSR count). The van der Waals surface area contributed by atoms with Gasteiger partial charge in [-0.2, -0.15) is 0 Å². The van der Waals surface area contributed by atoms with Gasteiger partial charge in [-0.15, -0.1) is 0 Å². The van der Waals surface area contributed by atoms with Crippen molar-refractivity contribution < 1.29 is 18.7 Å². The van der Waals surface area contributed by atoms with Gasteiger partial charge in [-0.1, -0.05) is 30.3 Å². The molecule has 5 heteroatoms. The summed E-state index contributed by atoms with van der Waals surface area (Å²) in [4.78, 5) is 23.8. The van der Waals surface area contributed by atoms with Gasteiger partial charge < -0.3 is 9.64 Å². The Morgan fingerprint density at radius 3 is 2.53 bits per heavy atom. The molecule has 0 atom stereocenters. The van der Waals surface area contributed by atoms with E-state index in [0.717, 1.165) is 5.56 Å². The van der Waals surface area contributed by atoms with Crippen molar-refractivity contribution in [2.75, 3.05) is 13.1 Å². The Balaban J connectivity index is 1.80. The molecular weight excluding hydrogens is 249 g/mol. The van der Waals surface area contributed by atoms with Gasteiger partial charge in [0, 0.05) is 25.9 Å². The first-order valence-electron chi connectivity index (χ1n) is 6.24. The van der Waals surface area contributed by atoms with Crippen LogP contribution in [0.15, 0.2) is 30.3 Å². The quantitative estimate of drug-likeness (QED) is 0.788. The SMILES string of the molecule is O=CC1(F)CCN(C(=O)OCc2ccccc2)CC1. The summed E-state index contributed by atoms with van der Waals surface area (Å²) in [6.07, 6.45) is -0.0511. The molecule has 4 nitrogen and oxygen atoms in total. The number of rotatable bonds is 3. The summed E-state index contributed by atoms with van der Waals surface area (Å²) < 4.78 is 18.8. The second-order valence-corrected chi connectivity index (χ2v) is 4.68. The summed E-state index contributed by atoms with van der Waals surface area (Å²) in [5, 5.41) is 0. The number of carbonyl (C=O) groups is 2. The zero-order chi connectivity index (χ0) is 13.7. The second-order valence-electron chi connectivity index (χ2n) is 4.68. The van der Waals surface area contributed by atoms with Crippen LogP contribution >= 0.6 is 0 Å². The molecule has 0 N–H and O–H groups in total. The highest BCUT2D eigenvalue weighted by atomic mass is 19.1. The maximum atomic E-state index is 13.6. The van der Waals surface area contributed by atoms with Gasteiger partial charge in [0.2, 0.25) is 0 Å². The summed E-state index contributed by atoms with van der Waals surface area (Å²) in [7, 11) is 0. The van der Waals surface area contributed by atoms with Crippen LogP contribution in [0.3, 0.4) is 0 Å². The summed E-state index contributed by atoms with van der Waals surface area (Å²) in [6, 6.07) is 9.35. The first kappa shape index (κ1) is 13.5. The number of hydrogen-bond acceptors (Lipinski definition) is 3. The normalized spacial score (nSPS) is 17.8. The maximum absolute atomic E-state index is 13.6. The van der Waals surface area contributed by atoms with Gasteiger partial charge in [0.05, 0.1) is 0 Å². The topological polar surface area (TPSA) is 46.6 Å². The van der Waals surface area contributed by atoms with E-state index in [1.807, 2.05) is 30.3 Å². The van der Waals surface area contributed by atoms with Crippen molar-refractivity contribution in [1.82, 2.24) is 4.90 Å². The van der Waals surface area contributed by atoms with Crippen LogP contribution in [0.1, 0.15) is 18.4 Å². The Morgan fingerprint density at radius 1 is 1.32 bits per heavy atom. The standard InChI is InChI=1S/C14H16FNO3/c15-14(11-17)6-8-16(9-7-14)13(18)19-10-12-4-2-1-3-5-12/h1-5,11H,6-10H2. The summed E-state index contributed by atoms with van der Waals surface area (Å²) in [5.41, 5.74) is -0.878. The highest BCUT2D eigenvalue weighted by Gasteiger charge is 2.36. The molecule has 102 valence electrons. The molecule has 0 radical (unpaired) electrons. The van der Waals surface area contributed by atoms with E-state index in [0.29, 0.717) is 6.29 Å². The van der Waals surface area contributed by atoms with Crippen molar-refractivity contribution >= 4 is 12.4 Å². The van der Waals surface area contributed by atoms with Crippen LogP contribution in [0.5, 0.6) is 0 Å². The molecule has 0 unspecified atom stereocenters. The lowest BCUT2D eigenvalue weighted by Gasteiger charge is -2.32. The summed E-state index contributed by atoms with van der Waals surface area (Å²) in [6.45, 7) is 0.621. The van der Waals surface area contributed by atoms with Gasteiger partial charge >= 0.3 is 6.09 Å². The zero-order valence-corrected chi connectivity index (χ0v) is 10.5. The number of amides is 1. The summed E-state index contributed by atoms with van der Waals surface area (Å²) in [5.74, 6) is 0. The fourth-order valence-corrected chi connectivity index (χ4v) is 1.99. The van der Waals surface area contributed by atoms with E-state index in [-0.39, 0.29) is 32.5 Å². The minimum absolute atomic E-state index is 0.0386. The lowest BCUT2D eigenvalue weighted by atomic mass is 9.95. The number of carbonyl (C=O) groups excluding carboxylic acids is 2. The first-order valence-corrected chi connectivity index (χ1v) is 6.24. The van der Waals surface area contributed by atoms with Crippen molar-refractivity contribution in [1.29, 1.82) is 0 Å². The van der Waals surface area contributed by atoms with E-state index in [9.17, 15) is 14.0 Å². The van der Waals surface area contributed by atoms with Crippen molar-refractivity contribution in [2.24, 2.45) is 0 Å². The molecule has 1 amide bonds. The largest absolute Gasteiger partial charge is 0.445 e. The molecule has 1 aromatic carbocycles. The molecule has 0 spiro atoms. The molecule has 1 aromatic rings. The molecule has 0 aromatic heterocycles. The average Bonchev–Trinajstić information content (AvgIpc) is 2.47. The Hall–Kier alpha value is -1.91. The minimum Gasteiger partial charge on any atom is -0.445 e. The molecule has 1 saturated heterocycles. The Labute approximate surface area is 111 Å². The van der Waals surface area contributed by atoms with E-state index in [2.05, 4.69) is 0 Å². The number of benzene rings is 1. The van der Waals surface area contributed by atoms with Crippen molar-refractivity contribution in [3.63, 3.8) is 0 Å². The van der Waals surface area contributed by atoms with Gasteiger partial charge in [0.15, 0.2) is 12.0 Å². The highest BCUT2D eigenvalue weighted by Crippen LogP contribution is 2.24. The number of hydrogen-bond donors (Lipinski definition) is 0. The number of nitrogens with zero attached hydrogens (tertiary/aromatic N) is 1. The predicted octanol–water partition coefficient (Wildman–Crippen LogP) is 2.33. The van der Waals surface area contributed by atoms with E-state index in [1.54, 1.807) is 0 Å². The Kier molecular flexibility index (Phi) is 4.14. The molecule has 1 aliphatic rings. The highest BCUT2D eigenvalue weighted by molar-refractivity contribution is 5.69. The molecule has 19 heavy (non-hydrogen) atoms. The Morgan fingerprint density at radius 2 is 1.95 bits per heavy atom. The fraction of sp³-hybridized carbons (Fsp3) is 0.429. The number of ether oxygens (including phenoxy) is 1. The lowest BCUT2D eigenvalue weighted by molar-refractivity contribution is -0.120. The predicted molar refractivity (Wildman–Crippen MR) is 67.3 cm³/mol. The van der Waals surface area contributed by atoms with Crippen LogP contribution in [0, 0.1) is 0 Å². The van der Waals surface area contributed by atoms with Crippen LogP contribution < -0.4 is 0 Å². The van der Waals surface area contributed by atoms with Gasteiger partial charge in [-0.05, 0) is 5.56 Å². The number of halogens is 1. The van der Waals surface area contributed by atoms with Crippen LogP contribution in [0.4, 0.5) is 9.18 Å². The zero-order valence-electron chi connectivity index (χ0n) is 10.5. The van der Waals surface area contributed by atoms with Gasteiger partial charge in [-0.25, -0.2) is 9.18 Å². The van der Waals surface area contributed by atoms with Gasteiger partial charge in [-0.3, -0.25) is 4.79 Å². The van der Waals surface area contributed by atoms with Crippen LogP contribution in [0.2, 0.25) is 0 Å².